The van der Waals surface area contributed by atoms with Crippen molar-refractivity contribution in [1.82, 2.24) is 0 Å². The summed E-state index contributed by atoms with van der Waals surface area (Å²) < 4.78 is 18.3. The molecule has 0 saturated carbocycles. The third-order valence-electron chi connectivity index (χ3n) is 2.91. The molecule has 1 atom stereocenters. The van der Waals surface area contributed by atoms with Gasteiger partial charge in [0, 0.05) is 17.7 Å². The summed E-state index contributed by atoms with van der Waals surface area (Å²) in [5.41, 5.74) is 8.73. The zero-order chi connectivity index (χ0) is 13.1. The van der Waals surface area contributed by atoms with Crippen molar-refractivity contribution in [3.8, 4) is 16.9 Å². The Morgan fingerprint density at radius 1 is 1.11 bits per heavy atom. The molecule has 0 saturated heterocycles. The van der Waals surface area contributed by atoms with Gasteiger partial charge in [0.1, 0.15) is 11.6 Å². The van der Waals surface area contributed by atoms with Crippen LogP contribution in [0.4, 0.5) is 4.39 Å². The molecular weight excluding hydrogens is 229 g/mol. The van der Waals surface area contributed by atoms with E-state index in [1.807, 2.05) is 31.2 Å². The number of halogens is 1. The van der Waals surface area contributed by atoms with Gasteiger partial charge in [0.2, 0.25) is 0 Å². The highest BCUT2D eigenvalue weighted by Crippen LogP contribution is 2.31. The van der Waals surface area contributed by atoms with Gasteiger partial charge in [-0.15, -0.1) is 0 Å². The smallest absolute Gasteiger partial charge is 0.129 e. The second-order valence-corrected chi connectivity index (χ2v) is 4.26. The molecule has 2 N–H and O–H groups in total. The molecule has 0 heterocycles. The maximum atomic E-state index is 13.1. The molecule has 0 aliphatic rings. The molecule has 0 amide bonds. The van der Waals surface area contributed by atoms with Crippen LogP contribution < -0.4 is 10.5 Å². The van der Waals surface area contributed by atoms with Crippen LogP contribution in [0.25, 0.3) is 11.1 Å². The predicted molar refractivity (Wildman–Crippen MR) is 71.0 cm³/mol. The Morgan fingerprint density at radius 2 is 1.78 bits per heavy atom. The molecule has 2 aromatic rings. The molecule has 2 nitrogen and oxygen atoms in total. The van der Waals surface area contributed by atoms with Gasteiger partial charge in [-0.1, -0.05) is 24.3 Å². The number of hydrogen-bond donors (Lipinski definition) is 1. The fourth-order valence-corrected chi connectivity index (χ4v) is 1.87. The highest BCUT2D eigenvalue weighted by Gasteiger charge is 2.07. The van der Waals surface area contributed by atoms with E-state index in [0.717, 1.165) is 16.7 Å². The van der Waals surface area contributed by atoms with E-state index in [4.69, 9.17) is 10.5 Å². The molecule has 94 valence electrons. The molecule has 0 bridgehead atoms. The minimum Gasteiger partial charge on any atom is -0.496 e. The van der Waals surface area contributed by atoms with Crippen LogP contribution >= 0.6 is 0 Å². The standard InChI is InChI=1S/C15H16FNO/c1-10(17)11-3-5-12(6-4-11)14-8-7-13(16)9-15(14)18-2/h3-10H,17H2,1-2H3. The van der Waals surface area contributed by atoms with Crippen LogP contribution in [0.3, 0.4) is 0 Å². The lowest BCUT2D eigenvalue weighted by molar-refractivity contribution is 0.413. The van der Waals surface area contributed by atoms with E-state index < -0.39 is 0 Å². The average Bonchev–Trinajstić information content (AvgIpc) is 2.38. The largest absolute Gasteiger partial charge is 0.496 e. The number of hydrogen-bond acceptors (Lipinski definition) is 2. The van der Waals surface area contributed by atoms with Gasteiger partial charge in [0.15, 0.2) is 0 Å². The summed E-state index contributed by atoms with van der Waals surface area (Å²) in [4.78, 5) is 0. The van der Waals surface area contributed by atoms with Crippen molar-refractivity contribution in [3.63, 3.8) is 0 Å². The molecule has 1 unspecified atom stereocenters. The van der Waals surface area contributed by atoms with E-state index in [2.05, 4.69) is 0 Å². The number of rotatable bonds is 3. The van der Waals surface area contributed by atoms with E-state index in [1.54, 1.807) is 6.07 Å². The third kappa shape index (κ3) is 2.51. The topological polar surface area (TPSA) is 35.2 Å². The minimum absolute atomic E-state index is 0.00848. The van der Waals surface area contributed by atoms with Gasteiger partial charge in [-0.25, -0.2) is 4.39 Å². The maximum Gasteiger partial charge on any atom is 0.129 e. The van der Waals surface area contributed by atoms with Crippen molar-refractivity contribution < 1.29 is 9.13 Å². The molecule has 18 heavy (non-hydrogen) atoms. The van der Waals surface area contributed by atoms with Crippen LogP contribution in [0.2, 0.25) is 0 Å². The lowest BCUT2D eigenvalue weighted by Crippen LogP contribution is -2.04. The Hall–Kier alpha value is -1.87. The van der Waals surface area contributed by atoms with Crippen LogP contribution in [-0.4, -0.2) is 7.11 Å². The second kappa shape index (κ2) is 5.19. The molecule has 3 heteroatoms. The van der Waals surface area contributed by atoms with Crippen LogP contribution in [-0.2, 0) is 0 Å². The van der Waals surface area contributed by atoms with Gasteiger partial charge >= 0.3 is 0 Å². The summed E-state index contributed by atoms with van der Waals surface area (Å²) >= 11 is 0. The molecule has 0 aliphatic carbocycles. The number of benzene rings is 2. The van der Waals surface area contributed by atoms with E-state index in [9.17, 15) is 4.39 Å². The molecule has 0 aliphatic heterocycles. The highest BCUT2D eigenvalue weighted by atomic mass is 19.1. The van der Waals surface area contributed by atoms with Crippen molar-refractivity contribution in [3.05, 3.63) is 53.8 Å². The normalized spacial score (nSPS) is 12.2. The Labute approximate surface area is 106 Å². The van der Waals surface area contributed by atoms with Crippen molar-refractivity contribution in [2.75, 3.05) is 7.11 Å². The SMILES string of the molecule is COc1cc(F)ccc1-c1ccc(C(C)N)cc1. The Bertz CT molecular complexity index is 535. The summed E-state index contributed by atoms with van der Waals surface area (Å²) in [7, 11) is 1.54. The van der Waals surface area contributed by atoms with Gasteiger partial charge in [-0.05, 0) is 30.2 Å². The summed E-state index contributed by atoms with van der Waals surface area (Å²) in [6, 6.07) is 12.4. The molecule has 0 fully saturated rings. The summed E-state index contributed by atoms with van der Waals surface area (Å²) in [6.45, 7) is 1.94. The van der Waals surface area contributed by atoms with Crippen molar-refractivity contribution in [2.45, 2.75) is 13.0 Å². The molecular formula is C15H16FNO. The Kier molecular flexibility index (Phi) is 3.63. The van der Waals surface area contributed by atoms with E-state index in [-0.39, 0.29) is 11.9 Å². The minimum atomic E-state index is -0.303. The first-order chi connectivity index (χ1) is 8.61. The fraction of sp³-hybridized carbons (Fsp3) is 0.200. The van der Waals surface area contributed by atoms with Gasteiger partial charge in [0.25, 0.3) is 0 Å². The monoisotopic (exact) mass is 245 g/mol. The van der Waals surface area contributed by atoms with Gasteiger partial charge < -0.3 is 10.5 Å². The van der Waals surface area contributed by atoms with Crippen molar-refractivity contribution in [1.29, 1.82) is 0 Å². The van der Waals surface area contributed by atoms with Crippen LogP contribution in [0, 0.1) is 5.82 Å². The van der Waals surface area contributed by atoms with Crippen LogP contribution in [0.15, 0.2) is 42.5 Å². The summed E-state index contributed by atoms with van der Waals surface area (Å²) in [5, 5.41) is 0. The van der Waals surface area contributed by atoms with Crippen LogP contribution in [0.5, 0.6) is 5.75 Å². The lowest BCUT2D eigenvalue weighted by Gasteiger charge is -2.10. The van der Waals surface area contributed by atoms with Gasteiger partial charge in [-0.2, -0.15) is 0 Å². The first-order valence-corrected chi connectivity index (χ1v) is 5.81. The van der Waals surface area contributed by atoms with Crippen molar-refractivity contribution >= 4 is 0 Å². The maximum absolute atomic E-state index is 13.1. The Balaban J connectivity index is 2.42. The summed E-state index contributed by atoms with van der Waals surface area (Å²) in [6.07, 6.45) is 0. The third-order valence-corrected chi connectivity index (χ3v) is 2.91. The summed E-state index contributed by atoms with van der Waals surface area (Å²) in [5.74, 6) is 0.228. The predicted octanol–water partition coefficient (Wildman–Crippen LogP) is 3.52. The lowest BCUT2D eigenvalue weighted by atomic mass is 10.0. The molecule has 0 spiro atoms. The number of ether oxygens (including phenoxy) is 1. The molecule has 2 rings (SSSR count). The van der Waals surface area contributed by atoms with E-state index in [1.165, 1.54) is 19.2 Å². The average molecular weight is 245 g/mol. The van der Waals surface area contributed by atoms with Gasteiger partial charge in [-0.3, -0.25) is 0 Å². The molecule has 0 aromatic heterocycles. The first kappa shape index (κ1) is 12.6. The molecule has 2 aromatic carbocycles. The fourth-order valence-electron chi connectivity index (χ4n) is 1.87. The van der Waals surface area contributed by atoms with E-state index >= 15 is 0 Å². The van der Waals surface area contributed by atoms with Gasteiger partial charge in [0.05, 0.1) is 7.11 Å². The highest BCUT2D eigenvalue weighted by molar-refractivity contribution is 5.70. The van der Waals surface area contributed by atoms with Crippen LogP contribution in [0.1, 0.15) is 18.5 Å². The molecule has 0 radical (unpaired) electrons. The number of nitrogens with two attached hydrogens (primary N) is 1. The first-order valence-electron chi connectivity index (χ1n) is 5.81. The van der Waals surface area contributed by atoms with Crippen molar-refractivity contribution in [2.24, 2.45) is 5.73 Å². The quantitative estimate of drug-likeness (QED) is 0.898. The second-order valence-electron chi connectivity index (χ2n) is 4.26. The zero-order valence-corrected chi connectivity index (χ0v) is 10.5. The zero-order valence-electron chi connectivity index (χ0n) is 10.5. The Morgan fingerprint density at radius 3 is 2.33 bits per heavy atom. The van der Waals surface area contributed by atoms with E-state index in [0.29, 0.717) is 5.75 Å². The number of methoxy groups -OCH3 is 1.